The van der Waals surface area contributed by atoms with E-state index in [0.717, 1.165) is 32.4 Å². The van der Waals surface area contributed by atoms with Gasteiger partial charge in [-0.25, -0.2) is 17.5 Å². The Kier molecular flexibility index (Phi) is 6.23. The Morgan fingerprint density at radius 3 is 2.96 bits per heavy atom. The van der Waals surface area contributed by atoms with Crippen LogP contribution in [-0.2, 0) is 16.4 Å². The summed E-state index contributed by atoms with van der Waals surface area (Å²) in [5.41, 5.74) is 1.17. The van der Waals surface area contributed by atoms with Gasteiger partial charge in [0.15, 0.2) is 0 Å². The molecule has 9 heteroatoms. The summed E-state index contributed by atoms with van der Waals surface area (Å²) in [6.07, 6.45) is 4.48. The summed E-state index contributed by atoms with van der Waals surface area (Å²) >= 11 is 0. The monoisotopic (exact) mass is 396 g/mol. The van der Waals surface area contributed by atoms with Crippen LogP contribution in [0.15, 0.2) is 22.7 Å². The molecular weight excluding hydrogens is 371 g/mol. The Bertz CT molecular complexity index is 884. The average Bonchev–Trinajstić information content (AvgIpc) is 3.05. The van der Waals surface area contributed by atoms with Crippen molar-refractivity contribution in [2.24, 2.45) is 0 Å². The van der Waals surface area contributed by atoms with Crippen molar-refractivity contribution in [2.45, 2.75) is 38.6 Å². The van der Waals surface area contributed by atoms with E-state index in [1.165, 1.54) is 12.3 Å². The van der Waals surface area contributed by atoms with E-state index in [2.05, 4.69) is 19.8 Å². The number of rotatable bonds is 7. The highest BCUT2D eigenvalue weighted by molar-refractivity contribution is 7.88. The van der Waals surface area contributed by atoms with Crippen molar-refractivity contribution in [3.8, 4) is 11.4 Å². The molecule has 148 valence electrons. The Balaban J connectivity index is 1.49. The number of hydrogen-bond donors (Lipinski definition) is 1. The SMILES string of the molecule is Cc1ccc(-c2noc(CCCN3CCC[C@H](NS(C)(=O)=O)C3)n2)cc1F. The van der Waals surface area contributed by atoms with E-state index < -0.39 is 10.0 Å². The van der Waals surface area contributed by atoms with Gasteiger partial charge < -0.3 is 9.42 Å². The van der Waals surface area contributed by atoms with Crippen LogP contribution in [0.4, 0.5) is 4.39 Å². The standard InChI is InChI=1S/C18H25FN4O3S/c1-13-7-8-14(11-16(13)19)18-20-17(26-21-18)6-4-10-23-9-3-5-15(12-23)22-27(2,24)25/h7-8,11,15,22H,3-6,9-10,12H2,1-2H3/t15-/m0/s1. The summed E-state index contributed by atoms with van der Waals surface area (Å²) in [6.45, 7) is 4.21. The third-order valence-electron chi connectivity index (χ3n) is 4.65. The van der Waals surface area contributed by atoms with Gasteiger partial charge in [0.1, 0.15) is 5.82 Å². The molecule has 1 aliphatic heterocycles. The lowest BCUT2D eigenvalue weighted by atomic mass is 10.1. The zero-order chi connectivity index (χ0) is 19.4. The lowest BCUT2D eigenvalue weighted by Crippen LogP contribution is -2.47. The first-order valence-electron chi connectivity index (χ1n) is 9.09. The Hall–Kier alpha value is -1.84. The zero-order valence-corrected chi connectivity index (χ0v) is 16.4. The van der Waals surface area contributed by atoms with Crippen LogP contribution in [0.5, 0.6) is 0 Å². The number of nitrogens with one attached hydrogen (secondary N) is 1. The maximum Gasteiger partial charge on any atom is 0.227 e. The first-order chi connectivity index (χ1) is 12.8. The minimum absolute atomic E-state index is 0.0276. The Morgan fingerprint density at radius 1 is 1.41 bits per heavy atom. The van der Waals surface area contributed by atoms with E-state index in [-0.39, 0.29) is 11.9 Å². The molecule has 0 spiro atoms. The van der Waals surface area contributed by atoms with Crippen molar-refractivity contribution in [1.29, 1.82) is 0 Å². The second-order valence-electron chi connectivity index (χ2n) is 7.11. The second-order valence-corrected chi connectivity index (χ2v) is 8.89. The Morgan fingerprint density at radius 2 is 2.22 bits per heavy atom. The molecule has 0 radical (unpaired) electrons. The molecule has 1 N–H and O–H groups in total. The lowest BCUT2D eigenvalue weighted by molar-refractivity contribution is 0.198. The van der Waals surface area contributed by atoms with Crippen molar-refractivity contribution in [3.63, 3.8) is 0 Å². The van der Waals surface area contributed by atoms with Crippen molar-refractivity contribution in [1.82, 2.24) is 19.8 Å². The molecule has 0 aliphatic carbocycles. The lowest BCUT2D eigenvalue weighted by Gasteiger charge is -2.32. The van der Waals surface area contributed by atoms with Gasteiger partial charge in [-0.2, -0.15) is 4.98 Å². The third-order valence-corrected chi connectivity index (χ3v) is 5.41. The summed E-state index contributed by atoms with van der Waals surface area (Å²) in [7, 11) is -3.18. The van der Waals surface area contributed by atoms with Crippen LogP contribution in [0.3, 0.4) is 0 Å². The van der Waals surface area contributed by atoms with Crippen LogP contribution in [0.1, 0.15) is 30.7 Å². The molecule has 27 heavy (non-hydrogen) atoms. The molecule has 2 aromatic rings. The normalized spacial score (nSPS) is 18.7. The first-order valence-corrected chi connectivity index (χ1v) is 11.0. The number of likely N-dealkylation sites (tertiary alicyclic amines) is 1. The zero-order valence-electron chi connectivity index (χ0n) is 15.6. The van der Waals surface area contributed by atoms with Gasteiger partial charge in [0.2, 0.25) is 21.7 Å². The highest BCUT2D eigenvalue weighted by atomic mass is 32.2. The largest absolute Gasteiger partial charge is 0.339 e. The number of benzene rings is 1. The average molecular weight is 396 g/mol. The van der Waals surface area contributed by atoms with E-state index in [0.29, 0.717) is 35.8 Å². The van der Waals surface area contributed by atoms with E-state index in [1.807, 2.05) is 0 Å². The molecule has 0 saturated carbocycles. The molecule has 0 amide bonds. The Labute approximate surface area is 159 Å². The molecular formula is C18H25FN4O3S. The van der Waals surface area contributed by atoms with Crippen molar-refractivity contribution < 1.29 is 17.3 Å². The maximum atomic E-state index is 13.7. The first kappa shape index (κ1) is 19.9. The summed E-state index contributed by atoms with van der Waals surface area (Å²) in [5.74, 6) is 0.620. The number of hydrogen-bond acceptors (Lipinski definition) is 6. The fourth-order valence-electron chi connectivity index (χ4n) is 3.32. The van der Waals surface area contributed by atoms with Gasteiger partial charge >= 0.3 is 0 Å². The van der Waals surface area contributed by atoms with Crippen molar-refractivity contribution >= 4 is 10.0 Å². The van der Waals surface area contributed by atoms with Crippen molar-refractivity contribution in [3.05, 3.63) is 35.5 Å². The molecule has 3 rings (SSSR count). The summed E-state index contributed by atoms with van der Waals surface area (Å²) < 4.78 is 44.4. The summed E-state index contributed by atoms with van der Waals surface area (Å²) in [5, 5.41) is 3.93. The molecule has 1 fully saturated rings. The molecule has 1 saturated heterocycles. The van der Waals surface area contributed by atoms with E-state index in [9.17, 15) is 12.8 Å². The van der Waals surface area contributed by atoms with Gasteiger partial charge in [0, 0.05) is 24.6 Å². The molecule has 1 aromatic heterocycles. The van der Waals surface area contributed by atoms with Gasteiger partial charge in [-0.1, -0.05) is 17.3 Å². The van der Waals surface area contributed by atoms with Crippen LogP contribution in [0.25, 0.3) is 11.4 Å². The van der Waals surface area contributed by atoms with Crippen LogP contribution in [0, 0.1) is 12.7 Å². The molecule has 1 aliphatic rings. The summed E-state index contributed by atoms with van der Waals surface area (Å²) in [4.78, 5) is 6.59. The number of nitrogens with zero attached hydrogens (tertiary/aromatic N) is 3. The molecule has 1 aromatic carbocycles. The van der Waals surface area contributed by atoms with Gasteiger partial charge in [-0.3, -0.25) is 0 Å². The van der Waals surface area contributed by atoms with Gasteiger partial charge in [-0.05, 0) is 50.9 Å². The van der Waals surface area contributed by atoms with Crippen LogP contribution in [0.2, 0.25) is 0 Å². The molecule has 1 atom stereocenters. The van der Waals surface area contributed by atoms with Crippen LogP contribution in [-0.4, -0.2) is 55.4 Å². The molecule has 7 nitrogen and oxygen atoms in total. The smallest absolute Gasteiger partial charge is 0.227 e. The minimum atomic E-state index is -3.18. The van der Waals surface area contributed by atoms with Gasteiger partial charge in [-0.15, -0.1) is 0 Å². The maximum absolute atomic E-state index is 13.7. The van der Waals surface area contributed by atoms with Crippen LogP contribution < -0.4 is 4.72 Å². The highest BCUT2D eigenvalue weighted by Gasteiger charge is 2.22. The van der Waals surface area contributed by atoms with E-state index >= 15 is 0 Å². The van der Waals surface area contributed by atoms with Gasteiger partial charge in [0.05, 0.1) is 6.26 Å². The molecule has 0 unspecified atom stereocenters. The molecule has 0 bridgehead atoms. The summed E-state index contributed by atoms with van der Waals surface area (Å²) in [6, 6.07) is 4.85. The number of halogens is 1. The van der Waals surface area contributed by atoms with Gasteiger partial charge in [0.25, 0.3) is 0 Å². The van der Waals surface area contributed by atoms with Crippen LogP contribution >= 0.6 is 0 Å². The number of sulfonamides is 1. The second kappa shape index (κ2) is 8.45. The quantitative estimate of drug-likeness (QED) is 0.771. The predicted octanol–water partition coefficient (Wildman–Crippen LogP) is 2.13. The third kappa shape index (κ3) is 5.82. The number of aromatic nitrogens is 2. The topological polar surface area (TPSA) is 88.3 Å². The number of aryl methyl sites for hydroxylation is 2. The van der Waals surface area contributed by atoms with E-state index in [1.54, 1.807) is 19.1 Å². The van der Waals surface area contributed by atoms with Crippen molar-refractivity contribution in [2.75, 3.05) is 25.9 Å². The predicted molar refractivity (Wildman–Crippen MR) is 100 cm³/mol. The highest BCUT2D eigenvalue weighted by Crippen LogP contribution is 2.19. The fraction of sp³-hybridized carbons (Fsp3) is 0.556. The molecule has 2 heterocycles. The van der Waals surface area contributed by atoms with E-state index in [4.69, 9.17) is 4.52 Å². The fourth-order valence-corrected chi connectivity index (χ4v) is 4.11. The number of piperidine rings is 1. The minimum Gasteiger partial charge on any atom is -0.339 e.